The zero-order chi connectivity index (χ0) is 27.2. The first-order chi connectivity index (χ1) is 17.9. The highest BCUT2D eigenvalue weighted by Gasteiger charge is 2.48. The van der Waals surface area contributed by atoms with Crippen molar-refractivity contribution in [3.8, 4) is 17.3 Å². The number of aromatic nitrogens is 4. The first kappa shape index (κ1) is 26.3. The Labute approximate surface area is 216 Å². The van der Waals surface area contributed by atoms with Crippen LogP contribution >= 0.6 is 0 Å². The molecule has 0 aliphatic carbocycles. The molecular formula is C26H28F4N6O2. The minimum atomic E-state index is -4.51. The van der Waals surface area contributed by atoms with Gasteiger partial charge in [0.15, 0.2) is 23.0 Å². The van der Waals surface area contributed by atoms with Crippen LogP contribution in [0.4, 0.5) is 17.6 Å². The van der Waals surface area contributed by atoms with Crippen LogP contribution in [0.15, 0.2) is 42.6 Å². The van der Waals surface area contributed by atoms with E-state index >= 15 is 0 Å². The lowest BCUT2D eigenvalue weighted by Gasteiger charge is -2.31. The van der Waals surface area contributed by atoms with E-state index in [1.54, 1.807) is 26.0 Å². The molecule has 3 aromatic heterocycles. The summed E-state index contributed by atoms with van der Waals surface area (Å²) in [5.41, 5.74) is 6.66. The predicted octanol–water partition coefficient (Wildman–Crippen LogP) is 4.52. The fourth-order valence-corrected chi connectivity index (χ4v) is 4.73. The van der Waals surface area contributed by atoms with Gasteiger partial charge < -0.3 is 15.2 Å². The van der Waals surface area contributed by atoms with Crippen LogP contribution in [0.1, 0.15) is 31.9 Å². The number of methoxy groups -OCH3 is 1. The van der Waals surface area contributed by atoms with E-state index in [0.717, 1.165) is 0 Å². The lowest BCUT2D eigenvalue weighted by molar-refractivity contribution is -0.184. The maximum absolute atomic E-state index is 14.5. The molecule has 0 saturated carbocycles. The number of fused-ring (bicyclic) bond motifs is 2. The van der Waals surface area contributed by atoms with Crippen LogP contribution in [-0.2, 0) is 4.74 Å². The number of pyridine rings is 2. The van der Waals surface area contributed by atoms with Gasteiger partial charge >= 0.3 is 6.18 Å². The molecule has 0 radical (unpaired) electrons. The molecule has 1 aromatic carbocycles. The molecule has 1 aliphatic rings. The molecule has 0 amide bonds. The summed E-state index contributed by atoms with van der Waals surface area (Å²) in [6, 6.07) is 7.17. The number of alkyl halides is 3. The third-order valence-electron chi connectivity index (χ3n) is 6.80. The summed E-state index contributed by atoms with van der Waals surface area (Å²) in [5.74, 6) is -0.263. The maximum atomic E-state index is 14.5. The van der Waals surface area contributed by atoms with E-state index < -0.39 is 23.6 Å². The first-order valence-corrected chi connectivity index (χ1v) is 12.2. The molecule has 2 N–H and O–H groups in total. The summed E-state index contributed by atoms with van der Waals surface area (Å²) in [6.07, 6.45) is -2.88. The van der Waals surface area contributed by atoms with Crippen molar-refractivity contribution < 1.29 is 27.0 Å². The van der Waals surface area contributed by atoms with Gasteiger partial charge in [-0.05, 0) is 44.0 Å². The van der Waals surface area contributed by atoms with Crippen LogP contribution < -0.4 is 10.5 Å². The van der Waals surface area contributed by atoms with Crippen molar-refractivity contribution in [2.24, 2.45) is 5.73 Å². The number of hydrogen-bond donors (Lipinski definition) is 1. The van der Waals surface area contributed by atoms with Crippen molar-refractivity contribution in [3.05, 3.63) is 54.0 Å². The van der Waals surface area contributed by atoms with Gasteiger partial charge in [0.1, 0.15) is 18.3 Å². The molecule has 202 valence electrons. The van der Waals surface area contributed by atoms with Crippen LogP contribution in [-0.4, -0.2) is 69.1 Å². The lowest BCUT2D eigenvalue weighted by Crippen LogP contribution is -2.43. The highest BCUT2D eigenvalue weighted by atomic mass is 19.4. The standard InChI is InChI=1S/C26H28F4N6O2/c1-15(37-3)13-38-21-11-20-16(10-18(21)27)4-6-19(32-20)24-34-33-22-7-5-17(12-36(22)24)23(26(28,29)30)35-9-8-25(2,31)14-35/h4-7,10-12,15,23H,8-9,13-14,31H2,1-3H3/t15-,23-,25-/m0/s1. The third kappa shape index (κ3) is 5.16. The van der Waals surface area contributed by atoms with Crippen molar-refractivity contribution in [3.63, 3.8) is 0 Å². The summed E-state index contributed by atoms with van der Waals surface area (Å²) in [5, 5.41) is 8.82. The number of nitrogens with two attached hydrogens (primary N) is 1. The summed E-state index contributed by atoms with van der Waals surface area (Å²) < 4.78 is 69.5. The van der Waals surface area contributed by atoms with E-state index in [1.165, 1.54) is 46.9 Å². The monoisotopic (exact) mass is 532 g/mol. The summed E-state index contributed by atoms with van der Waals surface area (Å²) in [6.45, 7) is 4.06. The molecule has 1 fully saturated rings. The van der Waals surface area contributed by atoms with Crippen molar-refractivity contribution >= 4 is 16.6 Å². The Morgan fingerprint density at radius 2 is 1.95 bits per heavy atom. The number of nitrogens with zero attached hydrogens (tertiary/aromatic N) is 5. The molecule has 0 unspecified atom stereocenters. The summed E-state index contributed by atoms with van der Waals surface area (Å²) >= 11 is 0. The number of benzene rings is 1. The van der Waals surface area contributed by atoms with Crippen LogP contribution in [0.3, 0.4) is 0 Å². The summed E-state index contributed by atoms with van der Waals surface area (Å²) in [4.78, 5) is 5.95. The van der Waals surface area contributed by atoms with Gasteiger partial charge in [0, 0.05) is 43.4 Å². The Bertz CT molecular complexity index is 1470. The second kappa shape index (κ2) is 9.75. The first-order valence-electron chi connectivity index (χ1n) is 12.2. The highest BCUT2D eigenvalue weighted by Crippen LogP contribution is 2.41. The van der Waals surface area contributed by atoms with E-state index in [0.29, 0.717) is 28.7 Å². The molecule has 0 spiro atoms. The molecule has 4 aromatic rings. The second-order valence-corrected chi connectivity index (χ2v) is 10.1. The lowest BCUT2D eigenvalue weighted by atomic mass is 10.0. The topological polar surface area (TPSA) is 90.8 Å². The second-order valence-electron chi connectivity index (χ2n) is 10.1. The average molecular weight is 533 g/mol. The molecular weight excluding hydrogens is 504 g/mol. The van der Waals surface area contributed by atoms with Crippen LogP contribution in [0.25, 0.3) is 28.1 Å². The molecule has 5 rings (SSSR count). The van der Waals surface area contributed by atoms with Gasteiger partial charge in [-0.25, -0.2) is 9.37 Å². The van der Waals surface area contributed by atoms with Gasteiger partial charge in [0.25, 0.3) is 0 Å². The van der Waals surface area contributed by atoms with Crippen LogP contribution in [0, 0.1) is 5.82 Å². The number of likely N-dealkylation sites (tertiary alicyclic amines) is 1. The average Bonchev–Trinajstić information content (AvgIpc) is 3.43. The molecule has 1 aliphatic heterocycles. The Balaban J connectivity index is 1.53. The molecule has 0 bridgehead atoms. The summed E-state index contributed by atoms with van der Waals surface area (Å²) in [7, 11) is 1.53. The van der Waals surface area contributed by atoms with E-state index in [-0.39, 0.29) is 42.9 Å². The van der Waals surface area contributed by atoms with Crippen LogP contribution in [0.5, 0.6) is 5.75 Å². The van der Waals surface area contributed by atoms with Gasteiger partial charge in [-0.1, -0.05) is 12.1 Å². The van der Waals surface area contributed by atoms with E-state index in [2.05, 4.69) is 15.2 Å². The zero-order valence-corrected chi connectivity index (χ0v) is 21.2. The minimum absolute atomic E-state index is 0.0185. The highest BCUT2D eigenvalue weighted by molar-refractivity contribution is 5.82. The van der Waals surface area contributed by atoms with Crippen molar-refractivity contribution in [2.45, 2.75) is 44.1 Å². The van der Waals surface area contributed by atoms with Crippen molar-refractivity contribution in [1.82, 2.24) is 24.5 Å². The molecule has 8 nitrogen and oxygen atoms in total. The fourth-order valence-electron chi connectivity index (χ4n) is 4.73. The van der Waals surface area contributed by atoms with Crippen molar-refractivity contribution in [1.29, 1.82) is 0 Å². The zero-order valence-electron chi connectivity index (χ0n) is 21.2. The van der Waals surface area contributed by atoms with Crippen molar-refractivity contribution in [2.75, 3.05) is 26.8 Å². The maximum Gasteiger partial charge on any atom is 0.408 e. The Kier molecular flexibility index (Phi) is 6.74. The minimum Gasteiger partial charge on any atom is -0.488 e. The normalized spacial score (nSPS) is 20.3. The van der Waals surface area contributed by atoms with Gasteiger partial charge in [0.2, 0.25) is 0 Å². The largest absolute Gasteiger partial charge is 0.488 e. The van der Waals surface area contributed by atoms with Gasteiger partial charge in [-0.3, -0.25) is 9.30 Å². The smallest absolute Gasteiger partial charge is 0.408 e. The van der Waals surface area contributed by atoms with E-state index in [1.807, 2.05) is 0 Å². The quantitative estimate of drug-likeness (QED) is 0.350. The number of halogens is 4. The Morgan fingerprint density at radius 1 is 1.16 bits per heavy atom. The molecule has 12 heteroatoms. The van der Waals surface area contributed by atoms with Gasteiger partial charge in [-0.2, -0.15) is 13.2 Å². The van der Waals surface area contributed by atoms with Crippen LogP contribution in [0.2, 0.25) is 0 Å². The third-order valence-corrected chi connectivity index (χ3v) is 6.80. The van der Waals surface area contributed by atoms with Gasteiger partial charge in [-0.15, -0.1) is 10.2 Å². The number of rotatable bonds is 7. The Hall–Kier alpha value is -3.35. The SMILES string of the molecule is CO[C@@H](C)COc1cc2nc(-c3nnc4ccc([C@H](N5CC[C@](C)(N)C5)C(F)(F)F)cn34)ccc2cc1F. The van der Waals surface area contributed by atoms with Gasteiger partial charge in [0.05, 0.1) is 11.6 Å². The molecule has 38 heavy (non-hydrogen) atoms. The fraction of sp³-hybridized carbons (Fsp3) is 0.423. The molecule has 3 atom stereocenters. The predicted molar refractivity (Wildman–Crippen MR) is 133 cm³/mol. The Morgan fingerprint density at radius 3 is 2.63 bits per heavy atom. The van der Waals surface area contributed by atoms with E-state index in [4.69, 9.17) is 15.2 Å². The molecule has 1 saturated heterocycles. The number of hydrogen-bond acceptors (Lipinski definition) is 7. The molecule has 4 heterocycles. The van der Waals surface area contributed by atoms with E-state index in [9.17, 15) is 17.6 Å². The number of ether oxygens (including phenoxy) is 2.